The minimum Gasteiger partial charge on any atom is -0.353 e. The molecule has 2 aliphatic carbocycles. The Bertz CT molecular complexity index is 964. The maximum atomic E-state index is 13.9. The lowest BCUT2D eigenvalue weighted by Gasteiger charge is -2.35. The second-order valence-corrected chi connectivity index (χ2v) is 12.0. The monoisotopic (exact) mass is 462 g/mol. The van der Waals surface area contributed by atoms with Gasteiger partial charge in [0.25, 0.3) is 0 Å². The molecule has 7 nitrogen and oxygen atoms in total. The summed E-state index contributed by atoms with van der Waals surface area (Å²) in [7, 11) is -1.98. The average Bonchev–Trinajstić information content (AvgIpc) is 3.35. The van der Waals surface area contributed by atoms with Crippen LogP contribution in [0.5, 0.6) is 0 Å². The van der Waals surface area contributed by atoms with Gasteiger partial charge in [0.15, 0.2) is 0 Å². The number of aryl methyl sites for hydroxylation is 1. The van der Waals surface area contributed by atoms with Crippen LogP contribution in [0.3, 0.4) is 0 Å². The maximum Gasteiger partial charge on any atom is 0.247 e. The fourth-order valence-electron chi connectivity index (χ4n) is 5.69. The van der Waals surface area contributed by atoms with Gasteiger partial charge in [-0.2, -0.15) is 4.31 Å². The van der Waals surface area contributed by atoms with E-state index in [1.165, 1.54) is 17.1 Å². The lowest BCUT2D eigenvalue weighted by molar-refractivity contribution is -0.136. The second kappa shape index (κ2) is 8.93. The summed E-state index contributed by atoms with van der Waals surface area (Å²) in [5, 5.41) is 0. The van der Waals surface area contributed by atoms with Crippen LogP contribution in [0.2, 0.25) is 0 Å². The van der Waals surface area contributed by atoms with Crippen LogP contribution < -0.4 is 4.90 Å². The van der Waals surface area contributed by atoms with Gasteiger partial charge in [-0.3, -0.25) is 4.79 Å². The lowest BCUT2D eigenvalue weighted by atomic mass is 9.94. The predicted molar refractivity (Wildman–Crippen MR) is 126 cm³/mol. The van der Waals surface area contributed by atoms with Crippen molar-refractivity contribution in [1.82, 2.24) is 14.2 Å². The quantitative estimate of drug-likeness (QED) is 0.621. The zero-order valence-corrected chi connectivity index (χ0v) is 20.9. The van der Waals surface area contributed by atoms with Gasteiger partial charge in [0.1, 0.15) is 16.8 Å². The molecule has 0 spiro atoms. The van der Waals surface area contributed by atoms with Crippen LogP contribution in [-0.4, -0.2) is 66.8 Å². The number of carbonyl (C=O) groups excluding carboxylic acids is 1. The fourth-order valence-corrected chi connectivity index (χ4v) is 7.48. The van der Waals surface area contributed by atoms with Crippen molar-refractivity contribution in [2.45, 2.75) is 89.2 Å². The zero-order valence-electron chi connectivity index (χ0n) is 20.1. The highest BCUT2D eigenvalue weighted by atomic mass is 32.2. The maximum absolute atomic E-state index is 13.9. The summed E-state index contributed by atoms with van der Waals surface area (Å²) in [6.45, 7) is 8.99. The van der Waals surface area contributed by atoms with Crippen LogP contribution in [0, 0.1) is 18.8 Å². The van der Waals surface area contributed by atoms with Gasteiger partial charge < -0.3 is 9.80 Å². The fraction of sp³-hybridized carbons (Fsp3) is 0.750. The first-order valence-corrected chi connectivity index (χ1v) is 13.6. The molecule has 8 heteroatoms. The van der Waals surface area contributed by atoms with Gasteiger partial charge in [-0.1, -0.05) is 0 Å². The van der Waals surface area contributed by atoms with Crippen LogP contribution in [0.15, 0.2) is 17.0 Å². The van der Waals surface area contributed by atoms with E-state index in [2.05, 4.69) is 4.98 Å². The molecule has 1 aromatic heterocycles. The highest BCUT2D eigenvalue weighted by molar-refractivity contribution is 7.89. The van der Waals surface area contributed by atoms with Crippen molar-refractivity contribution < 1.29 is 13.2 Å². The molecule has 0 bridgehead atoms. The molecule has 0 radical (unpaired) electrons. The minimum atomic E-state index is -3.85. The number of anilines is 1. The summed E-state index contributed by atoms with van der Waals surface area (Å²) >= 11 is 0. The van der Waals surface area contributed by atoms with Gasteiger partial charge in [0.2, 0.25) is 15.9 Å². The highest BCUT2D eigenvalue weighted by Gasteiger charge is 2.46. The molecule has 1 aliphatic heterocycles. The zero-order chi connectivity index (χ0) is 23.2. The first-order valence-electron chi connectivity index (χ1n) is 12.2. The van der Waals surface area contributed by atoms with E-state index in [1.54, 1.807) is 12.1 Å². The van der Waals surface area contributed by atoms with E-state index < -0.39 is 16.1 Å². The Kier molecular flexibility index (Phi) is 6.56. The Morgan fingerprint density at radius 2 is 1.94 bits per heavy atom. The highest BCUT2D eigenvalue weighted by Crippen LogP contribution is 2.50. The van der Waals surface area contributed by atoms with E-state index in [1.807, 2.05) is 44.5 Å². The third-order valence-corrected chi connectivity index (χ3v) is 9.63. The number of nitrogens with zero attached hydrogens (tertiary/aromatic N) is 4. The molecule has 3 unspecified atom stereocenters. The molecule has 32 heavy (non-hydrogen) atoms. The minimum absolute atomic E-state index is 0.0481. The number of rotatable bonds is 7. The molecule has 3 aliphatic rings. The Morgan fingerprint density at radius 3 is 2.59 bits per heavy atom. The van der Waals surface area contributed by atoms with Crippen molar-refractivity contribution in [3.05, 3.63) is 17.8 Å². The Morgan fingerprint density at radius 1 is 1.19 bits per heavy atom. The molecule has 4 rings (SSSR count). The van der Waals surface area contributed by atoms with Crippen molar-refractivity contribution in [1.29, 1.82) is 0 Å². The molecule has 178 valence electrons. The Balaban J connectivity index is 1.61. The molecule has 0 aromatic carbocycles. The lowest BCUT2D eigenvalue weighted by Crippen LogP contribution is -2.50. The topological polar surface area (TPSA) is 73.8 Å². The van der Waals surface area contributed by atoms with Gasteiger partial charge in [-0.25, -0.2) is 13.4 Å². The van der Waals surface area contributed by atoms with E-state index >= 15 is 0 Å². The van der Waals surface area contributed by atoms with Gasteiger partial charge in [0, 0.05) is 37.9 Å². The van der Waals surface area contributed by atoms with Crippen LogP contribution in [-0.2, 0) is 14.8 Å². The molecular weight excluding hydrogens is 424 g/mol. The number of pyridine rings is 1. The summed E-state index contributed by atoms with van der Waals surface area (Å²) in [6, 6.07) is 3.14. The number of sulfonamides is 1. The molecule has 2 heterocycles. The van der Waals surface area contributed by atoms with E-state index in [0.717, 1.165) is 30.4 Å². The molecule has 1 saturated heterocycles. The van der Waals surface area contributed by atoms with Crippen molar-refractivity contribution in [3.8, 4) is 0 Å². The Hall–Kier alpha value is -1.67. The van der Waals surface area contributed by atoms with E-state index in [9.17, 15) is 13.2 Å². The summed E-state index contributed by atoms with van der Waals surface area (Å²) in [5.41, 5.74) is 0.780. The number of hydrogen-bond acceptors (Lipinski definition) is 5. The first-order chi connectivity index (χ1) is 15.1. The normalized spacial score (nSPS) is 27.9. The third kappa shape index (κ3) is 4.28. The summed E-state index contributed by atoms with van der Waals surface area (Å²) < 4.78 is 29.2. The molecule has 1 aromatic rings. The first kappa shape index (κ1) is 23.5. The van der Waals surface area contributed by atoms with Crippen molar-refractivity contribution >= 4 is 21.7 Å². The van der Waals surface area contributed by atoms with Gasteiger partial charge in [-0.05, 0) is 90.2 Å². The van der Waals surface area contributed by atoms with Crippen LogP contribution in [0.4, 0.5) is 5.82 Å². The van der Waals surface area contributed by atoms with Gasteiger partial charge >= 0.3 is 0 Å². The van der Waals surface area contributed by atoms with Crippen molar-refractivity contribution in [3.63, 3.8) is 0 Å². The molecule has 1 amide bonds. The predicted octanol–water partition coefficient (Wildman–Crippen LogP) is 3.42. The van der Waals surface area contributed by atoms with Crippen LogP contribution in [0.1, 0.15) is 65.0 Å². The number of aromatic nitrogens is 1. The number of likely N-dealkylation sites (N-methyl/N-ethyl adjacent to an activating group) is 1. The number of hydrogen-bond donors (Lipinski definition) is 0. The molecule has 3 fully saturated rings. The number of amides is 1. The van der Waals surface area contributed by atoms with Gasteiger partial charge in [-0.15, -0.1) is 0 Å². The van der Waals surface area contributed by atoms with Crippen molar-refractivity contribution in [2.75, 3.05) is 25.0 Å². The second-order valence-electron chi connectivity index (χ2n) is 10.1. The smallest absolute Gasteiger partial charge is 0.247 e. The van der Waals surface area contributed by atoms with Crippen molar-refractivity contribution in [2.24, 2.45) is 11.8 Å². The van der Waals surface area contributed by atoms with Gasteiger partial charge in [0.05, 0.1) is 0 Å². The summed E-state index contributed by atoms with van der Waals surface area (Å²) in [6.07, 6.45) is 5.88. The number of carbonyl (C=O) groups is 1. The number of fused-ring (bicyclic) bond motifs is 1. The molecular formula is C24H38N4O3S. The van der Waals surface area contributed by atoms with E-state index in [0.29, 0.717) is 31.7 Å². The standard InChI is InChI=1S/C24H38N4O3S/c1-6-27(16(2)3)23-22(12-9-17(4)25-23)32(30,31)28-13-7-8-21(28)24(29)26(5)20-11-10-18-14-19(18)15-20/h9,12,16,18-21H,6-8,10-11,13-15H2,1-5H3/t18?,19?,20?,21-/m0/s1. The largest absolute Gasteiger partial charge is 0.353 e. The SMILES string of the molecule is CCN(c1nc(C)ccc1S(=O)(=O)N1CCC[C@H]1C(=O)N(C)C1CCC2CC2C1)C(C)C. The molecule has 0 N–H and O–H groups in total. The molecule has 2 saturated carbocycles. The average molecular weight is 463 g/mol. The summed E-state index contributed by atoms with van der Waals surface area (Å²) in [5.74, 6) is 2.08. The summed E-state index contributed by atoms with van der Waals surface area (Å²) in [4.78, 5) is 22.2. The van der Waals surface area contributed by atoms with E-state index in [-0.39, 0.29) is 22.9 Å². The van der Waals surface area contributed by atoms with E-state index in [4.69, 9.17) is 0 Å². The molecule has 4 atom stereocenters. The van der Waals surface area contributed by atoms with Crippen LogP contribution in [0.25, 0.3) is 0 Å². The Labute approximate surface area is 193 Å². The third-order valence-electron chi connectivity index (χ3n) is 7.70. The van der Waals surface area contributed by atoms with Crippen LogP contribution >= 0.6 is 0 Å².